The number of aromatic nitrogens is 3. The molecule has 0 bridgehead atoms. The molecule has 2 aromatic carbocycles. The molecule has 32 heavy (non-hydrogen) atoms. The molecule has 0 unspecified atom stereocenters. The lowest BCUT2D eigenvalue weighted by molar-refractivity contribution is -0.114. The van der Waals surface area contributed by atoms with E-state index in [1.54, 1.807) is 24.3 Å². The van der Waals surface area contributed by atoms with Crippen molar-refractivity contribution in [2.24, 2.45) is 0 Å². The van der Waals surface area contributed by atoms with Crippen LogP contribution in [0.3, 0.4) is 0 Å². The van der Waals surface area contributed by atoms with Gasteiger partial charge in [-0.15, -0.1) is 10.2 Å². The van der Waals surface area contributed by atoms with Crippen molar-refractivity contribution in [1.29, 1.82) is 0 Å². The molecule has 1 aromatic heterocycles. The molecule has 1 N–H and O–H groups in total. The standard InChI is InChI=1S/C24H27N5O2S/c1-18(30)25-20-12-10-19(11-13-20)22(31)17-32-24-27-26-23(16-28-14-6-3-7-15-28)29(24)21-8-4-2-5-9-21/h2,4-5,8-13H,3,6-7,14-17H2,1H3,(H,25,30). The van der Waals surface area contributed by atoms with Gasteiger partial charge in [0.1, 0.15) is 0 Å². The Hall–Kier alpha value is -2.97. The van der Waals surface area contributed by atoms with Crippen LogP contribution in [0.2, 0.25) is 0 Å². The van der Waals surface area contributed by atoms with Gasteiger partial charge in [0.2, 0.25) is 5.91 Å². The molecular formula is C24H27N5O2S. The predicted molar refractivity (Wildman–Crippen MR) is 126 cm³/mol. The molecule has 2 heterocycles. The molecule has 0 radical (unpaired) electrons. The molecule has 7 nitrogen and oxygen atoms in total. The van der Waals surface area contributed by atoms with Gasteiger partial charge >= 0.3 is 0 Å². The van der Waals surface area contributed by atoms with Crippen LogP contribution in [0.1, 0.15) is 42.4 Å². The summed E-state index contributed by atoms with van der Waals surface area (Å²) >= 11 is 1.39. The molecule has 0 atom stereocenters. The number of nitrogens with one attached hydrogen (secondary N) is 1. The number of thioether (sulfide) groups is 1. The number of para-hydroxylation sites is 1. The van der Waals surface area contributed by atoms with E-state index in [1.807, 2.05) is 30.3 Å². The van der Waals surface area contributed by atoms with E-state index < -0.39 is 0 Å². The van der Waals surface area contributed by atoms with Gasteiger partial charge in [0.25, 0.3) is 0 Å². The number of carbonyl (C=O) groups is 2. The summed E-state index contributed by atoms with van der Waals surface area (Å²) in [7, 11) is 0. The summed E-state index contributed by atoms with van der Waals surface area (Å²) in [6.07, 6.45) is 3.73. The average molecular weight is 450 g/mol. The van der Waals surface area contributed by atoms with Gasteiger partial charge < -0.3 is 5.32 Å². The number of nitrogens with zero attached hydrogens (tertiary/aromatic N) is 4. The second-order valence-electron chi connectivity index (χ2n) is 7.88. The highest BCUT2D eigenvalue weighted by Gasteiger charge is 2.19. The van der Waals surface area contributed by atoms with Gasteiger partial charge in [-0.25, -0.2) is 0 Å². The highest BCUT2D eigenvalue weighted by Crippen LogP contribution is 2.24. The van der Waals surface area contributed by atoms with Crippen molar-refractivity contribution >= 4 is 29.1 Å². The lowest BCUT2D eigenvalue weighted by Crippen LogP contribution is -2.30. The molecule has 0 aliphatic carbocycles. The van der Waals surface area contributed by atoms with Crippen LogP contribution in [0.15, 0.2) is 59.8 Å². The molecule has 0 saturated carbocycles. The number of ketones is 1. The Bertz CT molecular complexity index is 1060. The first-order valence-electron chi connectivity index (χ1n) is 10.9. The number of anilines is 1. The van der Waals surface area contributed by atoms with Crippen molar-refractivity contribution in [1.82, 2.24) is 19.7 Å². The number of benzene rings is 2. The van der Waals surface area contributed by atoms with Crippen molar-refractivity contribution in [3.05, 3.63) is 66.0 Å². The van der Waals surface area contributed by atoms with Gasteiger partial charge in [-0.2, -0.15) is 0 Å². The zero-order chi connectivity index (χ0) is 22.3. The molecule has 1 fully saturated rings. The summed E-state index contributed by atoms with van der Waals surface area (Å²) < 4.78 is 2.06. The van der Waals surface area contributed by atoms with Gasteiger partial charge in [0.05, 0.1) is 12.3 Å². The molecular weight excluding hydrogens is 422 g/mol. The Balaban J connectivity index is 1.49. The lowest BCUT2D eigenvalue weighted by atomic mass is 10.1. The van der Waals surface area contributed by atoms with Crippen LogP contribution < -0.4 is 5.32 Å². The summed E-state index contributed by atoms with van der Waals surface area (Å²) in [6.45, 7) is 4.37. The fourth-order valence-corrected chi connectivity index (χ4v) is 4.67. The van der Waals surface area contributed by atoms with E-state index in [2.05, 4.69) is 25.0 Å². The zero-order valence-electron chi connectivity index (χ0n) is 18.2. The van der Waals surface area contributed by atoms with Crippen LogP contribution in [-0.4, -0.2) is 50.2 Å². The molecule has 1 aliphatic rings. The fourth-order valence-electron chi connectivity index (χ4n) is 3.81. The van der Waals surface area contributed by atoms with E-state index >= 15 is 0 Å². The third kappa shape index (κ3) is 5.63. The Labute approximate surface area is 192 Å². The predicted octanol–water partition coefficient (Wildman–Crippen LogP) is 4.19. The Morgan fingerprint density at radius 3 is 2.38 bits per heavy atom. The van der Waals surface area contributed by atoms with Crippen molar-refractivity contribution < 1.29 is 9.59 Å². The third-order valence-electron chi connectivity index (χ3n) is 5.39. The summed E-state index contributed by atoms with van der Waals surface area (Å²) in [5.41, 5.74) is 2.28. The molecule has 0 spiro atoms. The van der Waals surface area contributed by atoms with Gasteiger partial charge in [-0.1, -0.05) is 36.4 Å². The second-order valence-corrected chi connectivity index (χ2v) is 8.82. The van der Waals surface area contributed by atoms with Crippen LogP contribution in [-0.2, 0) is 11.3 Å². The number of amides is 1. The van der Waals surface area contributed by atoms with E-state index in [4.69, 9.17) is 0 Å². The van der Waals surface area contributed by atoms with Crippen LogP contribution in [0.25, 0.3) is 5.69 Å². The van der Waals surface area contributed by atoms with E-state index in [9.17, 15) is 9.59 Å². The first-order valence-corrected chi connectivity index (χ1v) is 11.8. The smallest absolute Gasteiger partial charge is 0.221 e. The van der Waals surface area contributed by atoms with Gasteiger partial charge in [-0.05, 0) is 62.3 Å². The maximum atomic E-state index is 12.7. The first kappa shape index (κ1) is 22.2. The topological polar surface area (TPSA) is 80.1 Å². The number of hydrogen-bond donors (Lipinski definition) is 1. The number of rotatable bonds is 8. The maximum Gasteiger partial charge on any atom is 0.221 e. The SMILES string of the molecule is CC(=O)Nc1ccc(C(=O)CSc2nnc(CN3CCCCC3)n2-c2ccccc2)cc1. The summed E-state index contributed by atoms with van der Waals surface area (Å²) in [6, 6.07) is 17.0. The molecule has 1 aliphatic heterocycles. The van der Waals surface area contributed by atoms with E-state index in [-0.39, 0.29) is 17.4 Å². The van der Waals surface area contributed by atoms with Gasteiger partial charge in [0, 0.05) is 23.9 Å². The fraction of sp³-hybridized carbons (Fsp3) is 0.333. The summed E-state index contributed by atoms with van der Waals surface area (Å²) in [4.78, 5) is 26.3. The number of likely N-dealkylation sites (tertiary alicyclic amines) is 1. The van der Waals surface area contributed by atoms with Crippen LogP contribution in [0.4, 0.5) is 5.69 Å². The Kier molecular flexibility index (Phi) is 7.34. The number of piperidine rings is 1. The highest BCUT2D eigenvalue weighted by atomic mass is 32.2. The second kappa shape index (κ2) is 10.6. The normalized spacial score (nSPS) is 14.3. The largest absolute Gasteiger partial charge is 0.326 e. The quantitative estimate of drug-likeness (QED) is 0.410. The molecule has 1 amide bonds. The number of carbonyl (C=O) groups excluding carboxylic acids is 2. The Morgan fingerprint density at radius 2 is 1.69 bits per heavy atom. The van der Waals surface area contributed by atoms with Crippen LogP contribution >= 0.6 is 11.8 Å². The van der Waals surface area contributed by atoms with E-state index in [0.29, 0.717) is 16.4 Å². The first-order chi connectivity index (χ1) is 15.6. The highest BCUT2D eigenvalue weighted by molar-refractivity contribution is 7.99. The number of hydrogen-bond acceptors (Lipinski definition) is 6. The lowest BCUT2D eigenvalue weighted by Gasteiger charge is -2.26. The van der Waals surface area contributed by atoms with Crippen LogP contribution in [0, 0.1) is 0 Å². The van der Waals surface area contributed by atoms with Crippen LogP contribution in [0.5, 0.6) is 0 Å². The van der Waals surface area contributed by atoms with Crippen molar-refractivity contribution in [2.45, 2.75) is 37.9 Å². The zero-order valence-corrected chi connectivity index (χ0v) is 19.0. The third-order valence-corrected chi connectivity index (χ3v) is 6.32. The number of Topliss-reactive ketones (excluding diaryl/α,β-unsaturated/α-hetero) is 1. The van der Waals surface area contributed by atoms with E-state index in [0.717, 1.165) is 31.1 Å². The minimum absolute atomic E-state index is 0.00423. The molecule has 8 heteroatoms. The molecule has 3 aromatic rings. The molecule has 1 saturated heterocycles. The van der Waals surface area contributed by atoms with Gasteiger partial charge in [0.15, 0.2) is 16.8 Å². The minimum atomic E-state index is -0.139. The molecule has 4 rings (SSSR count). The van der Waals surface area contributed by atoms with Crippen molar-refractivity contribution in [3.8, 4) is 5.69 Å². The maximum absolute atomic E-state index is 12.7. The van der Waals surface area contributed by atoms with Crippen molar-refractivity contribution in [2.75, 3.05) is 24.2 Å². The monoisotopic (exact) mass is 449 g/mol. The summed E-state index contributed by atoms with van der Waals surface area (Å²) in [5, 5.41) is 12.3. The van der Waals surface area contributed by atoms with Crippen molar-refractivity contribution in [3.63, 3.8) is 0 Å². The Morgan fingerprint density at radius 1 is 0.969 bits per heavy atom. The average Bonchev–Trinajstić information content (AvgIpc) is 3.21. The summed E-state index contributed by atoms with van der Waals surface area (Å²) in [5.74, 6) is 1.02. The minimum Gasteiger partial charge on any atom is -0.326 e. The van der Waals surface area contributed by atoms with Gasteiger partial charge in [-0.3, -0.25) is 19.1 Å². The molecule has 166 valence electrons. The van der Waals surface area contributed by atoms with E-state index in [1.165, 1.54) is 37.9 Å².